The predicted molar refractivity (Wildman–Crippen MR) is 256 cm³/mol. The molecular formula is C58H42N4O. The second kappa shape index (κ2) is 14.3. The van der Waals surface area contributed by atoms with Crippen molar-refractivity contribution in [3.05, 3.63) is 212 Å². The van der Waals surface area contributed by atoms with Crippen molar-refractivity contribution >= 4 is 32.8 Å². The highest BCUT2D eigenvalue weighted by Crippen LogP contribution is 2.49. The molecule has 5 nitrogen and oxygen atoms in total. The van der Waals surface area contributed by atoms with E-state index in [-0.39, 0.29) is 5.41 Å². The topological polar surface area (TPSA) is 35.9 Å². The van der Waals surface area contributed by atoms with Crippen molar-refractivity contribution in [3.8, 4) is 73.2 Å². The summed E-state index contributed by atoms with van der Waals surface area (Å²) in [5.74, 6) is 2.36. The molecule has 0 amide bonds. The molecule has 1 aliphatic rings. The SMILES string of the molecule is CC(C)(C)c1ccnc(-n2c3ccccc3c3ccc(Oc4cccc(-n5[c-][n+](-c6cccc7c6-c6ccccc6-c6ccccc6-c6ccccc6-7)c6ccccc65)c4)cc32)c1. The zero-order chi connectivity index (χ0) is 42.2. The maximum absolute atomic E-state index is 6.75. The summed E-state index contributed by atoms with van der Waals surface area (Å²) in [4.78, 5) is 4.88. The van der Waals surface area contributed by atoms with Gasteiger partial charge < -0.3 is 4.74 Å². The fourth-order valence-electron chi connectivity index (χ4n) is 9.60. The quantitative estimate of drug-likeness (QED) is 0.128. The van der Waals surface area contributed by atoms with Crippen LogP contribution in [0.25, 0.3) is 94.5 Å². The Bertz CT molecular complexity index is 3600. The van der Waals surface area contributed by atoms with Gasteiger partial charge in [-0.1, -0.05) is 154 Å². The van der Waals surface area contributed by atoms with Crippen LogP contribution in [0.5, 0.6) is 11.5 Å². The van der Waals surface area contributed by atoms with E-state index in [4.69, 9.17) is 9.72 Å². The molecule has 8 aromatic carbocycles. The molecule has 0 saturated heterocycles. The summed E-state index contributed by atoms with van der Waals surface area (Å²) in [7, 11) is 0. The summed E-state index contributed by atoms with van der Waals surface area (Å²) in [6, 6.07) is 69.1. The number of rotatable bonds is 5. The number of ether oxygens (including phenoxy) is 1. The monoisotopic (exact) mass is 810 g/mol. The van der Waals surface area contributed by atoms with E-state index in [1.54, 1.807) is 0 Å². The van der Waals surface area contributed by atoms with E-state index in [2.05, 4.69) is 229 Å². The summed E-state index contributed by atoms with van der Waals surface area (Å²) < 4.78 is 13.4. The van der Waals surface area contributed by atoms with Crippen LogP contribution in [0.4, 0.5) is 0 Å². The Labute approximate surface area is 366 Å². The number of benzene rings is 8. The van der Waals surface area contributed by atoms with Gasteiger partial charge in [-0.2, -0.15) is 0 Å². The van der Waals surface area contributed by atoms with Gasteiger partial charge in [-0.3, -0.25) is 13.7 Å². The van der Waals surface area contributed by atoms with Gasteiger partial charge in [-0.25, -0.2) is 4.98 Å². The van der Waals surface area contributed by atoms with Crippen LogP contribution in [0.1, 0.15) is 26.3 Å². The summed E-state index contributed by atoms with van der Waals surface area (Å²) in [6.45, 7) is 6.71. The highest BCUT2D eigenvalue weighted by atomic mass is 16.5. The van der Waals surface area contributed by atoms with Crippen LogP contribution in [0.15, 0.2) is 200 Å². The number of pyridine rings is 1. The zero-order valence-electron chi connectivity index (χ0n) is 35.2. The summed E-state index contributed by atoms with van der Waals surface area (Å²) in [6.07, 6.45) is 5.74. The molecule has 63 heavy (non-hydrogen) atoms. The second-order valence-corrected chi connectivity index (χ2v) is 17.4. The number of nitrogens with zero attached hydrogens (tertiary/aromatic N) is 4. The van der Waals surface area contributed by atoms with Crippen LogP contribution in [0.3, 0.4) is 0 Å². The summed E-state index contributed by atoms with van der Waals surface area (Å²) in [5, 5.41) is 2.33. The molecule has 12 rings (SSSR count). The van der Waals surface area contributed by atoms with Gasteiger partial charge in [-0.15, -0.1) is 0 Å². The van der Waals surface area contributed by atoms with Crippen LogP contribution in [0.2, 0.25) is 0 Å². The Morgan fingerprint density at radius 3 is 1.83 bits per heavy atom. The minimum absolute atomic E-state index is 0.0125. The number of para-hydroxylation sites is 3. The first-order valence-electron chi connectivity index (χ1n) is 21.5. The van der Waals surface area contributed by atoms with Gasteiger partial charge in [0.15, 0.2) is 0 Å². The molecule has 11 aromatic rings. The minimum atomic E-state index is -0.0125. The van der Waals surface area contributed by atoms with Gasteiger partial charge in [-0.05, 0) is 105 Å². The van der Waals surface area contributed by atoms with Crippen molar-refractivity contribution in [2.45, 2.75) is 26.2 Å². The number of fused-ring (bicyclic) bond motifs is 12. The van der Waals surface area contributed by atoms with Crippen molar-refractivity contribution < 1.29 is 9.30 Å². The summed E-state index contributed by atoms with van der Waals surface area (Å²) in [5.41, 5.74) is 17.1. The Morgan fingerprint density at radius 1 is 0.492 bits per heavy atom. The van der Waals surface area contributed by atoms with E-state index in [9.17, 15) is 0 Å². The van der Waals surface area contributed by atoms with Gasteiger partial charge in [0.1, 0.15) is 17.3 Å². The Kier molecular flexibility index (Phi) is 8.35. The van der Waals surface area contributed by atoms with E-state index in [1.807, 2.05) is 12.3 Å². The molecule has 5 heteroatoms. The average molecular weight is 811 g/mol. The molecular weight excluding hydrogens is 769 g/mol. The smallest absolute Gasteiger partial charge is 0.269 e. The van der Waals surface area contributed by atoms with Gasteiger partial charge >= 0.3 is 0 Å². The van der Waals surface area contributed by atoms with Gasteiger partial charge in [0.25, 0.3) is 6.33 Å². The molecule has 0 atom stereocenters. The molecule has 1 aliphatic carbocycles. The molecule has 3 heterocycles. The zero-order valence-corrected chi connectivity index (χ0v) is 35.2. The van der Waals surface area contributed by atoms with Gasteiger partial charge in [0, 0.05) is 28.6 Å². The molecule has 0 saturated carbocycles. The molecule has 0 fully saturated rings. The van der Waals surface area contributed by atoms with E-state index >= 15 is 0 Å². The maximum atomic E-state index is 6.75. The number of aromatic nitrogens is 4. The largest absolute Gasteiger partial charge is 0.458 e. The van der Waals surface area contributed by atoms with Crippen molar-refractivity contribution in [2.75, 3.05) is 0 Å². The maximum Gasteiger partial charge on any atom is 0.269 e. The van der Waals surface area contributed by atoms with Crippen LogP contribution < -0.4 is 9.30 Å². The molecule has 0 radical (unpaired) electrons. The molecule has 0 N–H and O–H groups in total. The minimum Gasteiger partial charge on any atom is -0.458 e. The highest BCUT2D eigenvalue weighted by Gasteiger charge is 2.25. The molecule has 0 spiro atoms. The van der Waals surface area contributed by atoms with Crippen molar-refractivity contribution in [3.63, 3.8) is 0 Å². The fraction of sp³-hybridized carbons (Fsp3) is 0.0690. The first-order chi connectivity index (χ1) is 30.9. The second-order valence-electron chi connectivity index (χ2n) is 17.4. The van der Waals surface area contributed by atoms with Gasteiger partial charge in [0.2, 0.25) is 0 Å². The van der Waals surface area contributed by atoms with Crippen LogP contribution in [-0.4, -0.2) is 14.1 Å². The first kappa shape index (κ1) is 36.8. The first-order valence-corrected chi connectivity index (χ1v) is 21.5. The molecule has 0 bridgehead atoms. The fourth-order valence-corrected chi connectivity index (χ4v) is 9.60. The third-order valence-corrected chi connectivity index (χ3v) is 12.6. The van der Waals surface area contributed by atoms with Crippen molar-refractivity contribution in [1.29, 1.82) is 0 Å². The lowest BCUT2D eigenvalue weighted by molar-refractivity contribution is -0.571. The predicted octanol–water partition coefficient (Wildman–Crippen LogP) is 14.3. The Balaban J connectivity index is 0.982. The molecule has 0 unspecified atom stereocenters. The molecule has 3 aromatic heterocycles. The van der Waals surface area contributed by atoms with E-state index in [1.165, 1.54) is 55.5 Å². The van der Waals surface area contributed by atoms with E-state index in [0.29, 0.717) is 0 Å². The van der Waals surface area contributed by atoms with Crippen molar-refractivity contribution in [2.24, 2.45) is 0 Å². The van der Waals surface area contributed by atoms with Crippen LogP contribution >= 0.6 is 0 Å². The lowest BCUT2D eigenvalue weighted by Crippen LogP contribution is -2.30. The lowest BCUT2D eigenvalue weighted by atomic mass is 9.80. The third-order valence-electron chi connectivity index (χ3n) is 12.6. The molecule has 0 aliphatic heterocycles. The normalized spacial score (nSPS) is 12.0. The lowest BCUT2D eigenvalue weighted by Gasteiger charge is -2.25. The Hall–Kier alpha value is -8.02. The van der Waals surface area contributed by atoms with Crippen LogP contribution in [-0.2, 0) is 5.41 Å². The average Bonchev–Trinajstić information content (AvgIpc) is 3.87. The molecule has 300 valence electrons. The third kappa shape index (κ3) is 5.99. The van der Waals surface area contributed by atoms with E-state index in [0.717, 1.165) is 56.1 Å². The number of imidazole rings is 1. The standard InChI is InChI=1S/C58H42N4O/c1-58(2,3)38-32-33-59-56(34-38)62-51-26-11-10-23-47(51)48-31-30-41(36-55(48)62)63-40-17-14-16-39(35-40)60-37-61(53-28-13-12-27-52(53)60)54-29-15-25-50-46-21-7-6-20-44(46)42-18-4-5-19-43(42)45-22-8-9-24-49(45)57(50)54/h4-36H,1-3H3. The number of hydrogen-bond acceptors (Lipinski definition) is 2. The highest BCUT2D eigenvalue weighted by molar-refractivity contribution is 6.09. The Morgan fingerprint density at radius 2 is 1.08 bits per heavy atom. The van der Waals surface area contributed by atoms with Gasteiger partial charge in [0.05, 0.1) is 33.4 Å². The van der Waals surface area contributed by atoms with Crippen LogP contribution in [0, 0.1) is 6.33 Å². The number of hydrogen-bond donors (Lipinski definition) is 0. The van der Waals surface area contributed by atoms with E-state index < -0.39 is 0 Å². The van der Waals surface area contributed by atoms with Crippen molar-refractivity contribution in [1.82, 2.24) is 14.1 Å². The summed E-state index contributed by atoms with van der Waals surface area (Å²) >= 11 is 0.